The monoisotopic (exact) mass is 366 g/mol. The van der Waals surface area contributed by atoms with Crippen molar-refractivity contribution < 1.29 is 9.13 Å². The number of halogens is 1. The zero-order valence-electron chi connectivity index (χ0n) is 14.0. The van der Waals surface area contributed by atoms with Gasteiger partial charge in [0.1, 0.15) is 22.2 Å². The summed E-state index contributed by atoms with van der Waals surface area (Å²) >= 11 is 1.41. The summed E-state index contributed by atoms with van der Waals surface area (Å²) in [6, 6.07) is 13.8. The van der Waals surface area contributed by atoms with E-state index in [0.717, 1.165) is 22.4 Å². The third kappa shape index (κ3) is 3.11. The van der Waals surface area contributed by atoms with Crippen LogP contribution in [0.5, 0.6) is 5.75 Å². The van der Waals surface area contributed by atoms with E-state index in [1.165, 1.54) is 23.5 Å². The van der Waals surface area contributed by atoms with E-state index in [-0.39, 0.29) is 11.4 Å². The molecule has 0 amide bonds. The predicted molar refractivity (Wildman–Crippen MR) is 101 cm³/mol. The lowest BCUT2D eigenvalue weighted by atomic mass is 10.1. The number of hydrogen-bond donors (Lipinski definition) is 1. The number of rotatable bonds is 4. The fraction of sp³-hybridized carbons (Fsp3) is 0.100. The minimum Gasteiger partial charge on any atom is -0.497 e. The lowest BCUT2D eigenvalue weighted by Gasteiger charge is -2.04. The molecule has 0 aliphatic heterocycles. The molecule has 0 saturated heterocycles. The van der Waals surface area contributed by atoms with Gasteiger partial charge >= 0.3 is 0 Å². The largest absolute Gasteiger partial charge is 0.497 e. The van der Waals surface area contributed by atoms with E-state index in [1.807, 2.05) is 29.6 Å². The molecule has 1 N–H and O–H groups in total. The second-order valence-corrected chi connectivity index (χ2v) is 6.73. The number of benzene rings is 2. The number of ether oxygens (including phenoxy) is 1. The molecule has 0 radical (unpaired) electrons. The first-order chi connectivity index (χ1) is 12.6. The van der Waals surface area contributed by atoms with Gasteiger partial charge in [0.25, 0.3) is 5.56 Å². The molecule has 26 heavy (non-hydrogen) atoms. The number of thiophene rings is 1. The maximum absolute atomic E-state index is 13.1. The molecule has 0 atom stereocenters. The molecule has 4 aromatic rings. The molecule has 0 bridgehead atoms. The van der Waals surface area contributed by atoms with Crippen molar-refractivity contribution in [3.63, 3.8) is 0 Å². The van der Waals surface area contributed by atoms with Gasteiger partial charge in [0, 0.05) is 17.4 Å². The Labute approximate surface area is 152 Å². The molecule has 2 aromatic heterocycles. The lowest BCUT2D eigenvalue weighted by molar-refractivity contribution is 0.414. The second-order valence-electron chi connectivity index (χ2n) is 5.87. The van der Waals surface area contributed by atoms with Crippen molar-refractivity contribution in [2.45, 2.75) is 6.42 Å². The quantitative estimate of drug-likeness (QED) is 0.583. The SMILES string of the molecule is COc1ccc(Cc2nc3scc(-c4ccc(F)cc4)c3c(=O)[nH]2)cc1. The van der Waals surface area contributed by atoms with Gasteiger partial charge in [0.15, 0.2) is 0 Å². The van der Waals surface area contributed by atoms with Gasteiger partial charge in [0.2, 0.25) is 0 Å². The lowest BCUT2D eigenvalue weighted by Crippen LogP contribution is -2.11. The summed E-state index contributed by atoms with van der Waals surface area (Å²) in [6.07, 6.45) is 0.527. The average molecular weight is 366 g/mol. The summed E-state index contributed by atoms with van der Waals surface area (Å²) < 4.78 is 18.3. The van der Waals surface area contributed by atoms with Crippen molar-refractivity contribution in [2.24, 2.45) is 0 Å². The van der Waals surface area contributed by atoms with Gasteiger partial charge in [-0.15, -0.1) is 11.3 Å². The Morgan fingerprint density at radius 3 is 2.54 bits per heavy atom. The van der Waals surface area contributed by atoms with Crippen LogP contribution in [-0.4, -0.2) is 17.1 Å². The summed E-state index contributed by atoms with van der Waals surface area (Å²) in [7, 11) is 1.62. The van der Waals surface area contributed by atoms with E-state index < -0.39 is 0 Å². The Hall–Kier alpha value is -2.99. The molecule has 130 valence electrons. The van der Waals surface area contributed by atoms with Gasteiger partial charge in [-0.25, -0.2) is 9.37 Å². The van der Waals surface area contributed by atoms with Crippen LogP contribution in [0, 0.1) is 5.82 Å². The fourth-order valence-electron chi connectivity index (χ4n) is 2.86. The average Bonchev–Trinajstić information content (AvgIpc) is 3.07. The molecule has 4 nitrogen and oxygen atoms in total. The first-order valence-corrected chi connectivity index (χ1v) is 8.91. The number of nitrogens with one attached hydrogen (secondary N) is 1. The Kier molecular flexibility index (Phi) is 4.26. The van der Waals surface area contributed by atoms with E-state index in [4.69, 9.17) is 4.74 Å². The summed E-state index contributed by atoms with van der Waals surface area (Å²) in [4.78, 5) is 20.8. The van der Waals surface area contributed by atoms with Gasteiger partial charge in [0.05, 0.1) is 12.5 Å². The minimum absolute atomic E-state index is 0.181. The van der Waals surface area contributed by atoms with Crippen LogP contribution in [0.15, 0.2) is 58.7 Å². The highest BCUT2D eigenvalue weighted by Crippen LogP contribution is 2.30. The Balaban J connectivity index is 1.71. The normalized spacial score (nSPS) is 11.0. The number of nitrogens with zero attached hydrogens (tertiary/aromatic N) is 1. The Morgan fingerprint density at radius 1 is 1.12 bits per heavy atom. The highest BCUT2D eigenvalue weighted by Gasteiger charge is 2.13. The summed E-state index contributed by atoms with van der Waals surface area (Å²) in [6.45, 7) is 0. The predicted octanol–water partition coefficient (Wildman–Crippen LogP) is 4.39. The van der Waals surface area contributed by atoms with E-state index in [1.54, 1.807) is 19.2 Å². The van der Waals surface area contributed by atoms with Crippen LogP contribution in [0.1, 0.15) is 11.4 Å². The van der Waals surface area contributed by atoms with E-state index in [0.29, 0.717) is 22.5 Å². The number of fused-ring (bicyclic) bond motifs is 1. The Bertz CT molecular complexity index is 1120. The highest BCUT2D eigenvalue weighted by molar-refractivity contribution is 7.17. The minimum atomic E-state index is -0.304. The van der Waals surface area contributed by atoms with Gasteiger partial charge in [-0.2, -0.15) is 0 Å². The first-order valence-electron chi connectivity index (χ1n) is 8.03. The van der Waals surface area contributed by atoms with Crippen molar-refractivity contribution in [2.75, 3.05) is 7.11 Å². The molecule has 0 aliphatic rings. The van der Waals surface area contributed by atoms with Crippen LogP contribution in [-0.2, 0) is 6.42 Å². The van der Waals surface area contributed by atoms with Gasteiger partial charge < -0.3 is 9.72 Å². The van der Waals surface area contributed by atoms with Crippen LogP contribution in [0.25, 0.3) is 21.3 Å². The maximum atomic E-state index is 13.1. The number of H-pyrrole nitrogens is 1. The Morgan fingerprint density at radius 2 is 1.85 bits per heavy atom. The number of methoxy groups -OCH3 is 1. The molecule has 0 saturated carbocycles. The molecule has 4 rings (SSSR count). The number of aromatic amines is 1. The third-order valence-electron chi connectivity index (χ3n) is 4.18. The van der Waals surface area contributed by atoms with Gasteiger partial charge in [-0.05, 0) is 35.4 Å². The van der Waals surface area contributed by atoms with Gasteiger partial charge in [-0.3, -0.25) is 4.79 Å². The zero-order chi connectivity index (χ0) is 18.1. The first kappa shape index (κ1) is 16.5. The molecule has 0 aliphatic carbocycles. The molecule has 2 heterocycles. The smallest absolute Gasteiger partial charge is 0.260 e. The van der Waals surface area contributed by atoms with Crippen LogP contribution in [0.2, 0.25) is 0 Å². The van der Waals surface area contributed by atoms with E-state index in [9.17, 15) is 9.18 Å². The second kappa shape index (κ2) is 6.72. The van der Waals surface area contributed by atoms with Crippen LogP contribution >= 0.6 is 11.3 Å². The van der Waals surface area contributed by atoms with Gasteiger partial charge in [-0.1, -0.05) is 24.3 Å². The van der Waals surface area contributed by atoms with Crippen molar-refractivity contribution in [1.82, 2.24) is 9.97 Å². The third-order valence-corrected chi connectivity index (χ3v) is 5.05. The van der Waals surface area contributed by atoms with Crippen molar-refractivity contribution >= 4 is 21.6 Å². The number of aromatic nitrogens is 2. The fourth-order valence-corrected chi connectivity index (χ4v) is 3.82. The highest BCUT2D eigenvalue weighted by atomic mass is 32.1. The molecular weight excluding hydrogens is 351 g/mol. The van der Waals surface area contributed by atoms with E-state index >= 15 is 0 Å². The molecule has 2 aromatic carbocycles. The molecule has 6 heteroatoms. The van der Waals surface area contributed by atoms with E-state index in [2.05, 4.69) is 9.97 Å². The molecule has 0 fully saturated rings. The summed E-state index contributed by atoms with van der Waals surface area (Å²) in [5.41, 5.74) is 2.42. The molecule has 0 unspecified atom stereocenters. The number of hydrogen-bond acceptors (Lipinski definition) is 4. The standard InChI is InChI=1S/C20H15FN2O2S/c1-25-15-8-2-12(3-9-15)10-17-22-19(24)18-16(11-26-20(18)23-17)13-4-6-14(21)7-5-13/h2-9,11H,10H2,1H3,(H,22,23,24). The van der Waals surface area contributed by atoms with Crippen molar-refractivity contribution in [3.05, 3.63) is 81.5 Å². The topological polar surface area (TPSA) is 55.0 Å². The van der Waals surface area contributed by atoms with Crippen LogP contribution in [0.3, 0.4) is 0 Å². The molecule has 0 spiro atoms. The zero-order valence-corrected chi connectivity index (χ0v) is 14.8. The van der Waals surface area contributed by atoms with Crippen molar-refractivity contribution in [3.8, 4) is 16.9 Å². The maximum Gasteiger partial charge on any atom is 0.260 e. The van der Waals surface area contributed by atoms with Crippen molar-refractivity contribution in [1.29, 1.82) is 0 Å². The van der Waals surface area contributed by atoms with Crippen LogP contribution in [0.4, 0.5) is 4.39 Å². The van der Waals surface area contributed by atoms with Crippen LogP contribution < -0.4 is 10.3 Å². The summed E-state index contributed by atoms with van der Waals surface area (Å²) in [5, 5.41) is 2.43. The summed E-state index contributed by atoms with van der Waals surface area (Å²) in [5.74, 6) is 1.09. The molecular formula is C20H15FN2O2S.